The standard InChI is InChI=1S/C27H40N8O3S/c1-6-38-23-9-7-22(8-10-23)35(33(5)16-25-28-11-18(2)12-29-25)14-19(3)31-26(37)24-17-39-27(32-24)21-13-30-34(15-21)20(4)36/h11,13-15,17-18,20,22-23,36H,6-10,12,16H2,1-5H3,(H,31,37)/b19-14+. The van der Waals surface area contributed by atoms with Crippen molar-refractivity contribution >= 4 is 29.3 Å². The van der Waals surface area contributed by atoms with Crippen LogP contribution in [0.1, 0.15) is 70.1 Å². The Kier molecular flexibility index (Phi) is 10.0. The lowest BCUT2D eigenvalue weighted by Gasteiger charge is -2.41. The number of hydrazine groups is 1. The molecule has 1 aliphatic heterocycles. The van der Waals surface area contributed by atoms with E-state index in [-0.39, 0.29) is 11.9 Å². The smallest absolute Gasteiger partial charge is 0.274 e. The van der Waals surface area contributed by atoms with Crippen LogP contribution < -0.4 is 5.32 Å². The van der Waals surface area contributed by atoms with Gasteiger partial charge in [-0.05, 0) is 46.5 Å². The van der Waals surface area contributed by atoms with Crippen molar-refractivity contribution in [1.82, 2.24) is 30.1 Å². The number of rotatable bonds is 11. The molecular weight excluding hydrogens is 516 g/mol. The van der Waals surface area contributed by atoms with Crippen LogP contribution in [0.15, 0.2) is 39.7 Å². The minimum Gasteiger partial charge on any atom is -0.379 e. The summed E-state index contributed by atoms with van der Waals surface area (Å²) in [6.07, 6.45) is 10.9. The molecule has 2 unspecified atom stereocenters. The van der Waals surface area contributed by atoms with Crippen molar-refractivity contribution in [2.24, 2.45) is 15.9 Å². The predicted molar refractivity (Wildman–Crippen MR) is 154 cm³/mol. The van der Waals surface area contributed by atoms with Crippen LogP contribution in [-0.4, -0.2) is 86.7 Å². The molecule has 212 valence electrons. The second-order valence-corrected chi connectivity index (χ2v) is 11.1. The zero-order valence-corrected chi connectivity index (χ0v) is 24.3. The van der Waals surface area contributed by atoms with Gasteiger partial charge in [-0.3, -0.25) is 9.79 Å². The lowest BCUT2D eigenvalue weighted by molar-refractivity contribution is -0.0292. The molecule has 2 aliphatic rings. The molecule has 0 bridgehead atoms. The van der Waals surface area contributed by atoms with Gasteiger partial charge in [0, 0.05) is 67.4 Å². The Bertz CT molecular complexity index is 1200. The number of aliphatic hydroxyl groups excluding tert-OH is 1. The van der Waals surface area contributed by atoms with E-state index < -0.39 is 6.23 Å². The van der Waals surface area contributed by atoms with Crippen molar-refractivity contribution < 1.29 is 14.6 Å². The highest BCUT2D eigenvalue weighted by atomic mass is 32.1. The quantitative estimate of drug-likeness (QED) is 0.405. The number of carbonyl (C=O) groups is 1. The van der Waals surface area contributed by atoms with E-state index in [4.69, 9.17) is 4.74 Å². The van der Waals surface area contributed by atoms with Crippen molar-refractivity contribution in [3.63, 3.8) is 0 Å². The molecule has 0 spiro atoms. The fourth-order valence-corrected chi connectivity index (χ4v) is 5.54. The molecule has 2 aromatic rings. The molecule has 0 radical (unpaired) electrons. The van der Waals surface area contributed by atoms with E-state index in [1.54, 1.807) is 24.7 Å². The average Bonchev–Trinajstić information content (AvgIpc) is 3.60. The minimum atomic E-state index is -0.731. The summed E-state index contributed by atoms with van der Waals surface area (Å²) in [5.41, 5.74) is 1.81. The van der Waals surface area contributed by atoms with Gasteiger partial charge in [-0.2, -0.15) is 5.10 Å². The molecule has 39 heavy (non-hydrogen) atoms. The summed E-state index contributed by atoms with van der Waals surface area (Å²) in [6.45, 7) is 9.76. The van der Waals surface area contributed by atoms with E-state index >= 15 is 0 Å². The molecule has 0 saturated heterocycles. The number of allylic oxidation sites excluding steroid dienone is 1. The Balaban J connectivity index is 1.45. The van der Waals surface area contributed by atoms with E-state index in [1.807, 2.05) is 33.3 Å². The highest BCUT2D eigenvalue weighted by molar-refractivity contribution is 7.13. The summed E-state index contributed by atoms with van der Waals surface area (Å²) >= 11 is 1.36. The van der Waals surface area contributed by atoms with Gasteiger partial charge in [0.15, 0.2) is 0 Å². The van der Waals surface area contributed by atoms with Gasteiger partial charge in [-0.1, -0.05) is 6.92 Å². The average molecular weight is 557 g/mol. The largest absolute Gasteiger partial charge is 0.379 e. The number of aromatic nitrogens is 3. The molecule has 2 atom stereocenters. The molecule has 4 rings (SSSR count). The lowest BCUT2D eigenvalue weighted by Crippen LogP contribution is -2.48. The molecule has 0 aromatic carbocycles. The van der Waals surface area contributed by atoms with Crippen LogP contribution in [-0.2, 0) is 4.74 Å². The Hall–Kier alpha value is -2.93. The van der Waals surface area contributed by atoms with Crippen LogP contribution in [0, 0.1) is 5.92 Å². The van der Waals surface area contributed by atoms with Crippen LogP contribution in [0.3, 0.4) is 0 Å². The van der Waals surface area contributed by atoms with Gasteiger partial charge in [-0.25, -0.2) is 19.7 Å². The van der Waals surface area contributed by atoms with Crippen molar-refractivity contribution in [2.45, 2.75) is 71.8 Å². The molecule has 11 nitrogen and oxygen atoms in total. The molecule has 1 fully saturated rings. The highest BCUT2D eigenvalue weighted by Crippen LogP contribution is 2.27. The van der Waals surface area contributed by atoms with Crippen molar-refractivity contribution in [2.75, 3.05) is 26.7 Å². The van der Waals surface area contributed by atoms with E-state index in [2.05, 4.69) is 42.3 Å². The van der Waals surface area contributed by atoms with Crippen molar-refractivity contribution in [3.05, 3.63) is 35.4 Å². The maximum atomic E-state index is 13.0. The van der Waals surface area contributed by atoms with Gasteiger partial charge < -0.3 is 20.2 Å². The SMILES string of the molecule is CCOC1CCC(N(/C=C(\C)NC(=O)c2csc(-c3cnn(C(C)O)c3)n2)N(C)CC2=NCC(C)C=N2)CC1. The maximum Gasteiger partial charge on any atom is 0.274 e. The zero-order valence-electron chi connectivity index (χ0n) is 23.4. The fraction of sp³-hybridized carbons (Fsp3) is 0.593. The Morgan fingerprint density at radius 1 is 1.36 bits per heavy atom. The Labute approximate surface area is 234 Å². The number of nitrogens with zero attached hydrogens (tertiary/aromatic N) is 7. The normalized spacial score (nSPS) is 22.6. The number of ether oxygens (including phenoxy) is 1. The number of hydrogen-bond donors (Lipinski definition) is 2. The fourth-order valence-electron chi connectivity index (χ4n) is 4.76. The van der Waals surface area contributed by atoms with Gasteiger partial charge in [0.1, 0.15) is 22.8 Å². The van der Waals surface area contributed by atoms with Gasteiger partial charge in [-0.15, -0.1) is 11.3 Å². The highest BCUT2D eigenvalue weighted by Gasteiger charge is 2.28. The van der Waals surface area contributed by atoms with Crippen LogP contribution >= 0.6 is 11.3 Å². The van der Waals surface area contributed by atoms with Crippen LogP contribution in [0.4, 0.5) is 0 Å². The summed E-state index contributed by atoms with van der Waals surface area (Å²) in [7, 11) is 2.04. The third kappa shape index (κ3) is 7.81. The van der Waals surface area contributed by atoms with Crippen LogP contribution in [0.2, 0.25) is 0 Å². The molecule has 2 aromatic heterocycles. The molecule has 2 N–H and O–H groups in total. The van der Waals surface area contributed by atoms with Gasteiger partial charge in [0.2, 0.25) is 0 Å². The molecule has 1 amide bonds. The summed E-state index contributed by atoms with van der Waals surface area (Å²) in [6, 6.07) is 0.280. The van der Waals surface area contributed by atoms with Crippen LogP contribution in [0.5, 0.6) is 0 Å². The molecule has 1 aliphatic carbocycles. The third-order valence-corrected chi connectivity index (χ3v) is 7.72. The summed E-state index contributed by atoms with van der Waals surface area (Å²) < 4.78 is 7.31. The number of amidine groups is 1. The number of thiazole rings is 1. The number of nitrogens with one attached hydrogen (secondary N) is 1. The first-order valence-electron chi connectivity index (χ1n) is 13.6. The second-order valence-electron chi connectivity index (χ2n) is 10.2. The summed E-state index contributed by atoms with van der Waals surface area (Å²) in [4.78, 5) is 26.7. The lowest BCUT2D eigenvalue weighted by atomic mass is 9.92. The first-order valence-corrected chi connectivity index (χ1v) is 14.5. The Morgan fingerprint density at radius 3 is 2.77 bits per heavy atom. The van der Waals surface area contributed by atoms with Crippen LogP contribution in [0.25, 0.3) is 10.6 Å². The van der Waals surface area contributed by atoms with Crippen molar-refractivity contribution in [1.29, 1.82) is 0 Å². The first-order chi connectivity index (χ1) is 18.7. The number of hydrogen-bond acceptors (Lipinski definition) is 10. The molecular formula is C27H40N8O3S. The van der Waals surface area contributed by atoms with Gasteiger partial charge in [0.25, 0.3) is 5.91 Å². The Morgan fingerprint density at radius 2 is 2.13 bits per heavy atom. The number of amides is 1. The summed E-state index contributed by atoms with van der Waals surface area (Å²) in [5.74, 6) is 0.904. The minimum absolute atomic E-state index is 0.271. The number of aliphatic hydroxyl groups is 1. The van der Waals surface area contributed by atoms with E-state index in [1.165, 1.54) is 16.0 Å². The molecule has 1 saturated carbocycles. The van der Waals surface area contributed by atoms with Gasteiger partial charge >= 0.3 is 0 Å². The molecule has 3 heterocycles. The predicted octanol–water partition coefficient (Wildman–Crippen LogP) is 3.72. The van der Waals surface area contributed by atoms with Gasteiger partial charge in [0.05, 0.1) is 18.8 Å². The topological polar surface area (TPSA) is 120 Å². The van der Waals surface area contributed by atoms with E-state index in [9.17, 15) is 9.90 Å². The third-order valence-electron chi connectivity index (χ3n) is 6.83. The maximum absolute atomic E-state index is 13.0. The second kappa shape index (κ2) is 13.4. The first kappa shape index (κ1) is 29.1. The number of carbonyl (C=O) groups excluding carboxylic acids is 1. The zero-order chi connectivity index (χ0) is 27.9. The molecule has 12 heteroatoms. The van der Waals surface area contributed by atoms with Crippen molar-refractivity contribution in [3.8, 4) is 10.6 Å². The summed E-state index contributed by atoms with van der Waals surface area (Å²) in [5, 5.41) is 23.6. The van der Waals surface area contributed by atoms with E-state index in [0.29, 0.717) is 29.3 Å². The number of likely N-dealkylation sites (N-methyl/N-ethyl adjacent to an activating group) is 1. The van der Waals surface area contributed by atoms with E-state index in [0.717, 1.165) is 55.9 Å². The monoisotopic (exact) mass is 556 g/mol. The number of aliphatic imine (C=N–C) groups is 2.